The Kier molecular flexibility index (Phi) is 5.43. The number of nitrogens with zero attached hydrogens (tertiary/aromatic N) is 3. The van der Waals surface area contributed by atoms with Gasteiger partial charge in [0, 0.05) is 49.5 Å². The highest BCUT2D eigenvalue weighted by atomic mass is 79.9. The molecule has 0 unspecified atom stereocenters. The Bertz CT molecular complexity index is 1100. The van der Waals surface area contributed by atoms with Crippen LogP contribution in [0.5, 0.6) is 0 Å². The second kappa shape index (κ2) is 8.00. The van der Waals surface area contributed by atoms with Crippen molar-refractivity contribution in [1.29, 1.82) is 0 Å². The van der Waals surface area contributed by atoms with Crippen molar-refractivity contribution in [3.63, 3.8) is 0 Å². The van der Waals surface area contributed by atoms with Gasteiger partial charge in [0.15, 0.2) is 0 Å². The number of nitrogens with one attached hydrogen (secondary N) is 1. The molecular weight excluding hydrogens is 456 g/mol. The van der Waals surface area contributed by atoms with E-state index in [4.69, 9.17) is 11.6 Å². The summed E-state index contributed by atoms with van der Waals surface area (Å²) in [7, 11) is 0. The summed E-state index contributed by atoms with van der Waals surface area (Å²) in [6.07, 6.45) is 3.14. The number of fused-ring (bicyclic) bond motifs is 1. The number of benzene rings is 1. The number of rotatable bonds is 4. The molecule has 1 N–H and O–H groups in total. The van der Waals surface area contributed by atoms with Gasteiger partial charge in [0.05, 0.1) is 21.8 Å². The number of pyridine rings is 1. The first-order valence-corrected chi connectivity index (χ1v) is 10.3. The number of allylic oxidation sites excluding steroid dienone is 1. The molecule has 3 aromatic rings. The van der Waals surface area contributed by atoms with Crippen molar-refractivity contribution in [2.45, 2.75) is 0 Å². The molecule has 0 radical (unpaired) electrons. The van der Waals surface area contributed by atoms with Crippen LogP contribution in [-0.4, -0.2) is 57.6 Å². The van der Waals surface area contributed by atoms with Crippen LogP contribution in [0.4, 0.5) is 0 Å². The molecule has 2 aromatic heterocycles. The van der Waals surface area contributed by atoms with E-state index >= 15 is 0 Å². The Morgan fingerprint density at radius 2 is 1.76 bits per heavy atom. The van der Waals surface area contributed by atoms with Crippen molar-refractivity contribution in [3.05, 3.63) is 75.8 Å². The number of hydrogen-bond acceptors (Lipinski definition) is 4. The van der Waals surface area contributed by atoms with Crippen LogP contribution in [0.25, 0.3) is 10.9 Å². The summed E-state index contributed by atoms with van der Waals surface area (Å²) in [6, 6.07) is 9.21. The number of halogens is 2. The average molecular weight is 474 g/mol. The highest BCUT2D eigenvalue weighted by Gasteiger charge is 2.27. The molecule has 1 fully saturated rings. The molecule has 0 spiro atoms. The van der Waals surface area contributed by atoms with E-state index in [-0.39, 0.29) is 11.7 Å². The maximum atomic E-state index is 13.1. The SMILES string of the molecule is C=C(C(=O)c1c[nH]c2c(Br)ncc(Cl)c12)N1CCN(C(=O)c2ccccc2)CC1. The van der Waals surface area contributed by atoms with Crippen LogP contribution < -0.4 is 0 Å². The Hall–Kier alpha value is -2.64. The van der Waals surface area contributed by atoms with E-state index in [0.29, 0.717) is 63.5 Å². The van der Waals surface area contributed by atoms with Crippen LogP contribution in [-0.2, 0) is 0 Å². The third kappa shape index (κ3) is 3.68. The summed E-state index contributed by atoms with van der Waals surface area (Å²) in [5, 5.41) is 1.02. The van der Waals surface area contributed by atoms with E-state index in [9.17, 15) is 9.59 Å². The number of amides is 1. The van der Waals surface area contributed by atoms with Crippen molar-refractivity contribution < 1.29 is 9.59 Å². The Balaban J connectivity index is 1.47. The van der Waals surface area contributed by atoms with Gasteiger partial charge in [-0.05, 0) is 28.1 Å². The van der Waals surface area contributed by atoms with Crippen LogP contribution in [0.2, 0.25) is 5.02 Å². The monoisotopic (exact) mass is 472 g/mol. The van der Waals surface area contributed by atoms with Gasteiger partial charge in [0.1, 0.15) is 4.60 Å². The van der Waals surface area contributed by atoms with Gasteiger partial charge in [-0.15, -0.1) is 0 Å². The highest BCUT2D eigenvalue weighted by molar-refractivity contribution is 9.10. The van der Waals surface area contributed by atoms with E-state index in [0.717, 1.165) is 0 Å². The molecule has 6 nitrogen and oxygen atoms in total. The zero-order valence-corrected chi connectivity index (χ0v) is 17.8. The number of piperazine rings is 1. The smallest absolute Gasteiger partial charge is 0.253 e. The van der Waals surface area contributed by atoms with Crippen molar-refractivity contribution in [2.24, 2.45) is 0 Å². The van der Waals surface area contributed by atoms with Gasteiger partial charge in [-0.1, -0.05) is 36.4 Å². The third-order valence-corrected chi connectivity index (χ3v) is 5.98. The van der Waals surface area contributed by atoms with Gasteiger partial charge < -0.3 is 14.8 Å². The predicted octanol–water partition coefficient (Wildman–Crippen LogP) is 4.13. The zero-order chi connectivity index (χ0) is 20.5. The Labute approximate surface area is 181 Å². The van der Waals surface area contributed by atoms with E-state index in [1.165, 1.54) is 6.20 Å². The van der Waals surface area contributed by atoms with Crippen molar-refractivity contribution in [2.75, 3.05) is 26.2 Å². The lowest BCUT2D eigenvalue weighted by Gasteiger charge is -2.36. The van der Waals surface area contributed by atoms with Gasteiger partial charge in [0.25, 0.3) is 5.91 Å². The lowest BCUT2D eigenvalue weighted by atomic mass is 10.1. The molecule has 29 heavy (non-hydrogen) atoms. The molecule has 0 saturated carbocycles. The molecule has 1 amide bonds. The second-order valence-corrected chi connectivity index (χ2v) is 7.93. The van der Waals surface area contributed by atoms with Gasteiger partial charge in [0.2, 0.25) is 5.78 Å². The molecule has 148 valence electrons. The number of ketones is 1. The number of H-pyrrole nitrogens is 1. The average Bonchev–Trinajstić information content (AvgIpc) is 3.22. The molecule has 3 heterocycles. The lowest BCUT2D eigenvalue weighted by Crippen LogP contribution is -2.48. The minimum atomic E-state index is -0.195. The van der Waals surface area contributed by atoms with Crippen molar-refractivity contribution in [1.82, 2.24) is 19.8 Å². The quantitative estimate of drug-likeness (QED) is 0.351. The molecule has 0 aliphatic carbocycles. The maximum absolute atomic E-state index is 13.1. The number of hydrogen-bond donors (Lipinski definition) is 1. The normalized spacial score (nSPS) is 14.3. The first-order valence-electron chi connectivity index (χ1n) is 9.11. The summed E-state index contributed by atoms with van der Waals surface area (Å²) in [4.78, 5) is 36.6. The molecule has 1 saturated heterocycles. The summed E-state index contributed by atoms with van der Waals surface area (Å²) >= 11 is 9.64. The van der Waals surface area contributed by atoms with Crippen LogP contribution in [0.1, 0.15) is 20.7 Å². The van der Waals surface area contributed by atoms with Crippen LogP contribution in [0, 0.1) is 0 Å². The molecule has 8 heteroatoms. The molecule has 1 aromatic carbocycles. The number of aromatic nitrogens is 2. The molecular formula is C21H18BrClN4O2. The topological polar surface area (TPSA) is 69.3 Å². The zero-order valence-electron chi connectivity index (χ0n) is 15.5. The fourth-order valence-electron chi connectivity index (χ4n) is 3.50. The summed E-state index contributed by atoms with van der Waals surface area (Å²) < 4.78 is 0.592. The maximum Gasteiger partial charge on any atom is 0.253 e. The highest BCUT2D eigenvalue weighted by Crippen LogP contribution is 2.31. The van der Waals surface area contributed by atoms with E-state index in [1.54, 1.807) is 11.1 Å². The van der Waals surface area contributed by atoms with Crippen LogP contribution in [0.15, 0.2) is 59.6 Å². The minimum Gasteiger partial charge on any atom is -0.365 e. The van der Waals surface area contributed by atoms with E-state index in [2.05, 4.69) is 32.5 Å². The molecule has 1 aliphatic rings. The van der Waals surface area contributed by atoms with Gasteiger partial charge in [-0.25, -0.2) is 4.98 Å². The van der Waals surface area contributed by atoms with Crippen LogP contribution in [0.3, 0.4) is 0 Å². The summed E-state index contributed by atoms with van der Waals surface area (Å²) in [5.41, 5.74) is 2.19. The largest absolute Gasteiger partial charge is 0.365 e. The Morgan fingerprint density at radius 3 is 2.45 bits per heavy atom. The second-order valence-electron chi connectivity index (χ2n) is 6.77. The minimum absolute atomic E-state index is 0.00273. The number of aromatic amines is 1. The van der Waals surface area contributed by atoms with Gasteiger partial charge >= 0.3 is 0 Å². The number of carbonyl (C=O) groups is 2. The predicted molar refractivity (Wildman–Crippen MR) is 116 cm³/mol. The third-order valence-electron chi connectivity index (χ3n) is 5.09. The van der Waals surface area contributed by atoms with Gasteiger partial charge in [-0.2, -0.15) is 0 Å². The van der Waals surface area contributed by atoms with Crippen molar-refractivity contribution in [3.8, 4) is 0 Å². The molecule has 4 rings (SSSR count). The standard InChI is InChI=1S/C21H18BrClN4O2/c1-13(19(28)15-11-24-18-17(15)16(23)12-25-20(18)22)26-7-9-27(10-8-26)21(29)14-5-3-2-4-6-14/h2-6,11-12,24H,1,7-10H2. The first-order chi connectivity index (χ1) is 14.0. The van der Waals surface area contributed by atoms with E-state index < -0.39 is 0 Å². The fraction of sp³-hybridized carbons (Fsp3) is 0.190. The lowest BCUT2D eigenvalue weighted by molar-refractivity contribution is 0.0663. The van der Waals surface area contributed by atoms with Crippen molar-refractivity contribution >= 4 is 50.1 Å². The molecule has 0 atom stereocenters. The molecule has 0 bridgehead atoms. The fourth-order valence-corrected chi connectivity index (χ4v) is 4.16. The summed E-state index contributed by atoms with van der Waals surface area (Å²) in [6.45, 7) is 6.17. The first kappa shape index (κ1) is 19.7. The van der Waals surface area contributed by atoms with E-state index in [1.807, 2.05) is 35.2 Å². The van der Waals surface area contributed by atoms with Gasteiger partial charge in [-0.3, -0.25) is 9.59 Å². The number of Topliss-reactive ketones (excluding diaryl/α,β-unsaturated/α-hetero) is 1. The summed E-state index contributed by atoms with van der Waals surface area (Å²) in [5.74, 6) is -0.193. The van der Waals surface area contributed by atoms with Crippen LogP contribution >= 0.6 is 27.5 Å². The molecule has 1 aliphatic heterocycles. The number of carbonyl (C=O) groups excluding carboxylic acids is 2. The Morgan fingerprint density at radius 1 is 1.10 bits per heavy atom.